The lowest BCUT2D eigenvalue weighted by atomic mass is 9.45. The average molecular weight is 639 g/mol. The van der Waals surface area contributed by atoms with Gasteiger partial charge in [0.15, 0.2) is 11.4 Å². The number of ketones is 1. The van der Waals surface area contributed by atoms with Gasteiger partial charge < -0.3 is 28.8 Å². The van der Waals surface area contributed by atoms with Crippen LogP contribution in [0.1, 0.15) is 66.9 Å². The number of hydrogen-bond donors (Lipinski definition) is 1. The van der Waals surface area contributed by atoms with E-state index >= 15 is 0 Å². The number of esters is 4. The minimum atomic E-state index is -1.58. The molecule has 10 atom stereocenters. The highest BCUT2D eigenvalue weighted by Gasteiger charge is 2.87. The van der Waals surface area contributed by atoms with E-state index in [-0.39, 0.29) is 18.6 Å². The highest BCUT2D eigenvalue weighted by Crippen LogP contribution is 2.72. The van der Waals surface area contributed by atoms with Gasteiger partial charge in [0.1, 0.15) is 36.1 Å². The lowest BCUT2D eigenvalue weighted by molar-refractivity contribution is -0.246. The molecule has 4 fully saturated rings. The van der Waals surface area contributed by atoms with Crippen molar-refractivity contribution in [3.05, 3.63) is 54.1 Å². The molecule has 4 aliphatic rings. The molecule has 1 heterocycles. The van der Waals surface area contributed by atoms with Crippen molar-refractivity contribution in [3.8, 4) is 0 Å². The largest absolute Gasteiger partial charge is 0.462 e. The Kier molecular flexibility index (Phi) is 8.35. The Hall–Kier alpha value is -3.83. The Balaban J connectivity index is 1.68. The monoisotopic (exact) mass is 638 g/mol. The summed E-state index contributed by atoms with van der Waals surface area (Å²) in [5, 5.41) is 12.3. The van der Waals surface area contributed by atoms with Gasteiger partial charge >= 0.3 is 23.9 Å². The Morgan fingerprint density at radius 3 is 2.13 bits per heavy atom. The fourth-order valence-electron chi connectivity index (χ4n) is 8.71. The van der Waals surface area contributed by atoms with Gasteiger partial charge in [-0.2, -0.15) is 0 Å². The summed E-state index contributed by atoms with van der Waals surface area (Å²) < 4.78 is 30.0. The molecule has 1 aliphatic heterocycles. The summed E-state index contributed by atoms with van der Waals surface area (Å²) in [4.78, 5) is 64.9. The molecule has 0 amide bonds. The Morgan fingerprint density at radius 2 is 1.54 bits per heavy atom. The van der Waals surface area contributed by atoms with E-state index in [1.165, 1.54) is 26.8 Å². The van der Waals surface area contributed by atoms with Crippen molar-refractivity contribution < 1.29 is 52.8 Å². The number of carbonyl (C=O) groups excluding carboxylic acids is 5. The topological polar surface area (TPSA) is 155 Å². The molecule has 2 bridgehead atoms. The van der Waals surface area contributed by atoms with Crippen LogP contribution in [0, 0.1) is 22.7 Å². The maximum Gasteiger partial charge on any atom is 0.331 e. The number of carbonyl (C=O) groups is 5. The summed E-state index contributed by atoms with van der Waals surface area (Å²) in [5.41, 5.74) is -4.37. The highest BCUT2D eigenvalue weighted by molar-refractivity contribution is 5.94. The van der Waals surface area contributed by atoms with Gasteiger partial charge in [0.2, 0.25) is 0 Å². The van der Waals surface area contributed by atoms with Crippen LogP contribution in [-0.2, 0) is 47.7 Å². The molecule has 5 rings (SSSR count). The maximum absolute atomic E-state index is 13.7. The molecule has 1 aromatic carbocycles. The summed E-state index contributed by atoms with van der Waals surface area (Å²) in [6.07, 6.45) is -3.58. The van der Waals surface area contributed by atoms with Gasteiger partial charge in [0.25, 0.3) is 0 Å². The third kappa shape index (κ3) is 4.99. The number of rotatable bonds is 6. The molecule has 3 saturated carbocycles. The average Bonchev–Trinajstić information content (AvgIpc) is 3.64. The van der Waals surface area contributed by atoms with Crippen LogP contribution in [0.25, 0.3) is 6.08 Å². The minimum absolute atomic E-state index is 0.0590. The lowest BCUT2D eigenvalue weighted by Crippen LogP contribution is -2.73. The molecule has 3 aliphatic carbocycles. The first kappa shape index (κ1) is 33.5. The van der Waals surface area contributed by atoms with Gasteiger partial charge in [-0.1, -0.05) is 57.7 Å². The molecule has 1 N–H and O–H groups in total. The van der Waals surface area contributed by atoms with Crippen molar-refractivity contribution in [2.75, 3.05) is 0 Å². The number of Topliss-reactive ketones (excluding diaryl/α,β-unsaturated/α-hetero) is 1. The van der Waals surface area contributed by atoms with Crippen molar-refractivity contribution >= 4 is 35.7 Å². The van der Waals surface area contributed by atoms with Crippen LogP contribution in [0.2, 0.25) is 0 Å². The SMILES string of the molecule is C=C1C(OC(=O)C=Cc2ccccc2)CC(OC(C)=O)C2(C)C(OC(C)=O)C(O)C34OC3(C)C(=O)CC(C(OC(C)=O)C12)C4(C)C. The van der Waals surface area contributed by atoms with Crippen LogP contribution in [0.3, 0.4) is 0 Å². The van der Waals surface area contributed by atoms with Crippen molar-refractivity contribution in [2.45, 2.75) is 103 Å². The van der Waals surface area contributed by atoms with E-state index in [4.69, 9.17) is 23.7 Å². The van der Waals surface area contributed by atoms with Crippen molar-refractivity contribution in [3.63, 3.8) is 0 Å². The summed E-state index contributed by atoms with van der Waals surface area (Å²) in [6.45, 7) is 14.9. The zero-order valence-corrected chi connectivity index (χ0v) is 27.2. The highest BCUT2D eigenvalue weighted by atomic mass is 16.7. The predicted molar refractivity (Wildman–Crippen MR) is 162 cm³/mol. The number of benzene rings is 1. The number of aliphatic hydroxyl groups is 1. The molecule has 0 aromatic heterocycles. The molecular formula is C35H42O11. The third-order valence-electron chi connectivity index (χ3n) is 10.9. The number of epoxide rings is 1. The molecule has 10 unspecified atom stereocenters. The summed E-state index contributed by atoms with van der Waals surface area (Å²) in [7, 11) is 0. The van der Waals surface area contributed by atoms with Gasteiger partial charge in [0, 0.05) is 56.9 Å². The second-order valence-electron chi connectivity index (χ2n) is 13.8. The minimum Gasteiger partial charge on any atom is -0.462 e. The Morgan fingerprint density at radius 1 is 0.935 bits per heavy atom. The van der Waals surface area contributed by atoms with Crippen LogP contribution in [0.15, 0.2) is 48.6 Å². The molecule has 1 spiro atoms. The van der Waals surface area contributed by atoms with Crippen LogP contribution in [0.5, 0.6) is 0 Å². The number of fused-ring (bicyclic) bond motifs is 2. The Bertz CT molecular complexity index is 1500. The quantitative estimate of drug-likeness (QED) is 0.160. The zero-order chi connectivity index (χ0) is 34.0. The lowest BCUT2D eigenvalue weighted by Gasteiger charge is -2.61. The van der Waals surface area contributed by atoms with E-state index in [1.54, 1.807) is 19.9 Å². The van der Waals surface area contributed by atoms with Crippen LogP contribution < -0.4 is 0 Å². The van der Waals surface area contributed by atoms with Gasteiger partial charge in [-0.05, 0) is 24.1 Å². The van der Waals surface area contributed by atoms with Crippen molar-refractivity contribution in [1.82, 2.24) is 0 Å². The summed E-state index contributed by atoms with van der Waals surface area (Å²) in [6, 6.07) is 9.14. The first-order valence-electron chi connectivity index (χ1n) is 15.5. The summed E-state index contributed by atoms with van der Waals surface area (Å²) in [5.74, 6) is -4.81. The second kappa shape index (κ2) is 11.5. The van der Waals surface area contributed by atoms with E-state index < -0.39 is 88.3 Å². The smallest absolute Gasteiger partial charge is 0.331 e. The summed E-state index contributed by atoms with van der Waals surface area (Å²) >= 11 is 0. The molecule has 1 saturated heterocycles. The van der Waals surface area contributed by atoms with E-state index in [0.29, 0.717) is 5.57 Å². The number of aliphatic hydroxyl groups excluding tert-OH is 1. The second-order valence-corrected chi connectivity index (χ2v) is 13.8. The van der Waals surface area contributed by atoms with Crippen LogP contribution in [-0.4, -0.2) is 76.5 Å². The van der Waals surface area contributed by atoms with E-state index in [2.05, 4.69) is 6.58 Å². The molecule has 248 valence electrons. The fraction of sp³-hybridized carbons (Fsp3) is 0.571. The fourth-order valence-corrected chi connectivity index (χ4v) is 8.71. The van der Waals surface area contributed by atoms with E-state index in [0.717, 1.165) is 5.56 Å². The normalized spacial score (nSPS) is 39.2. The number of hydrogen-bond acceptors (Lipinski definition) is 11. The first-order valence-corrected chi connectivity index (χ1v) is 15.5. The first-order chi connectivity index (χ1) is 21.4. The van der Waals surface area contributed by atoms with Gasteiger partial charge in [-0.15, -0.1) is 0 Å². The zero-order valence-electron chi connectivity index (χ0n) is 27.2. The number of ether oxygens (including phenoxy) is 5. The van der Waals surface area contributed by atoms with Crippen molar-refractivity contribution in [1.29, 1.82) is 0 Å². The van der Waals surface area contributed by atoms with Crippen molar-refractivity contribution in [2.24, 2.45) is 22.7 Å². The standard InChI is InChI=1S/C35H42O11/c1-18-24(45-27(40)15-14-22-12-10-9-11-13-22)17-26(42-19(2)36)33(7)28(18)29(43-20(3)37)23-16-25(39)34(8)35(46-34,32(23,5)6)30(41)31(33)44-21(4)38/h9-15,23-24,26,28-31,41H,1,16-17H2,2-8H3. The predicted octanol–water partition coefficient (Wildman–Crippen LogP) is 3.51. The van der Waals surface area contributed by atoms with Gasteiger partial charge in [0.05, 0.1) is 5.41 Å². The van der Waals surface area contributed by atoms with Crippen LogP contribution in [0.4, 0.5) is 0 Å². The third-order valence-corrected chi connectivity index (χ3v) is 10.9. The molecule has 11 heteroatoms. The maximum atomic E-state index is 13.7. The van der Waals surface area contributed by atoms with Gasteiger partial charge in [-0.25, -0.2) is 4.79 Å². The van der Waals surface area contributed by atoms with E-state index in [1.807, 2.05) is 44.2 Å². The molecular weight excluding hydrogens is 596 g/mol. The van der Waals surface area contributed by atoms with Gasteiger partial charge in [-0.3, -0.25) is 19.2 Å². The Labute approximate surface area is 268 Å². The molecule has 0 radical (unpaired) electrons. The molecule has 46 heavy (non-hydrogen) atoms. The molecule has 11 nitrogen and oxygen atoms in total. The van der Waals surface area contributed by atoms with E-state index in [9.17, 15) is 29.1 Å². The molecule has 1 aromatic rings. The van der Waals surface area contributed by atoms with Crippen LogP contribution >= 0.6 is 0 Å².